The topological polar surface area (TPSA) is 38.7 Å². The van der Waals surface area contributed by atoms with E-state index < -0.39 is 0 Å². The quantitative estimate of drug-likeness (QED) is 0.160. The molecule has 10 aromatic rings. The van der Waals surface area contributed by atoms with Crippen molar-refractivity contribution in [2.45, 2.75) is 6.42 Å². The molecule has 0 amide bonds. The van der Waals surface area contributed by atoms with Crippen LogP contribution in [0.25, 0.3) is 100 Å². The van der Waals surface area contributed by atoms with Gasteiger partial charge < -0.3 is 0 Å². The van der Waals surface area contributed by atoms with Crippen LogP contribution in [-0.4, -0.2) is 15.0 Å². The summed E-state index contributed by atoms with van der Waals surface area (Å²) in [6.07, 6.45) is 0.839. The lowest BCUT2D eigenvalue weighted by Crippen LogP contribution is -1.99. The van der Waals surface area contributed by atoms with Gasteiger partial charge in [-0.2, -0.15) is 0 Å². The summed E-state index contributed by atoms with van der Waals surface area (Å²) in [4.78, 5) is 15.7. The van der Waals surface area contributed by atoms with Crippen molar-refractivity contribution in [2.24, 2.45) is 0 Å². The number of benzene rings is 8. The van der Waals surface area contributed by atoms with Crippen molar-refractivity contribution >= 4 is 21.5 Å². The lowest BCUT2D eigenvalue weighted by atomic mass is 9.92. The molecule has 0 fully saturated rings. The van der Waals surface area contributed by atoms with Crippen molar-refractivity contribution in [2.75, 3.05) is 0 Å². The minimum absolute atomic E-state index is 0.735. The first-order valence-corrected chi connectivity index (χ1v) is 19.5. The standard InChI is InChI=1S/C54H35N3/c1-3-14-36(15-4-1)50-33-43(48-31-40-18-7-9-22-44(40)46-24-11-12-25-47(46)48)34-51(55-50)37-28-26-35(27-29-37)39-20-13-21-42(30-39)54-56-52(38-16-5-2-6-17-38)49-32-41-19-8-10-23-45(41)53(49)57-54/h1-31,33-34H,32H2. The van der Waals surface area contributed by atoms with Gasteiger partial charge in [0.05, 0.1) is 22.8 Å². The second-order valence-electron chi connectivity index (χ2n) is 14.8. The molecule has 2 aromatic heterocycles. The molecule has 8 aromatic carbocycles. The van der Waals surface area contributed by atoms with Gasteiger partial charge in [0.1, 0.15) is 0 Å². The Labute approximate surface area is 331 Å². The fourth-order valence-electron chi connectivity index (χ4n) is 8.49. The molecule has 266 valence electrons. The Morgan fingerprint density at radius 2 is 0.895 bits per heavy atom. The number of fused-ring (bicyclic) bond motifs is 6. The molecule has 1 aliphatic rings. The van der Waals surface area contributed by atoms with Gasteiger partial charge in [-0.1, -0.05) is 176 Å². The third kappa shape index (κ3) is 5.89. The molecule has 0 unspecified atom stereocenters. The normalized spacial score (nSPS) is 11.8. The van der Waals surface area contributed by atoms with Gasteiger partial charge >= 0.3 is 0 Å². The van der Waals surface area contributed by atoms with Crippen molar-refractivity contribution in [3.05, 3.63) is 211 Å². The molecule has 2 heterocycles. The number of rotatable bonds is 6. The smallest absolute Gasteiger partial charge is 0.160 e. The molecular weight excluding hydrogens is 691 g/mol. The van der Waals surface area contributed by atoms with Crippen LogP contribution in [0.3, 0.4) is 0 Å². The highest BCUT2D eigenvalue weighted by atomic mass is 14.9. The van der Waals surface area contributed by atoms with Crippen LogP contribution in [0, 0.1) is 0 Å². The molecule has 0 saturated heterocycles. The van der Waals surface area contributed by atoms with Gasteiger partial charge in [0.25, 0.3) is 0 Å². The molecule has 0 N–H and O–H groups in total. The van der Waals surface area contributed by atoms with Crippen LogP contribution in [-0.2, 0) is 6.42 Å². The van der Waals surface area contributed by atoms with Crippen LogP contribution in [0.4, 0.5) is 0 Å². The minimum atomic E-state index is 0.735. The van der Waals surface area contributed by atoms with E-state index >= 15 is 0 Å². The minimum Gasteiger partial charge on any atom is -0.248 e. The Morgan fingerprint density at radius 3 is 1.68 bits per heavy atom. The van der Waals surface area contributed by atoms with E-state index in [1.54, 1.807) is 0 Å². The van der Waals surface area contributed by atoms with Crippen molar-refractivity contribution in [1.29, 1.82) is 0 Å². The second-order valence-corrected chi connectivity index (χ2v) is 14.8. The van der Waals surface area contributed by atoms with Crippen molar-refractivity contribution < 1.29 is 0 Å². The van der Waals surface area contributed by atoms with E-state index in [9.17, 15) is 0 Å². The van der Waals surface area contributed by atoms with Gasteiger partial charge in [-0.15, -0.1) is 0 Å². The lowest BCUT2D eigenvalue weighted by molar-refractivity contribution is 1.13. The fraction of sp³-hybridized carbons (Fsp3) is 0.0185. The molecule has 3 heteroatoms. The number of nitrogens with zero attached hydrogens (tertiary/aromatic N) is 3. The van der Waals surface area contributed by atoms with Crippen LogP contribution >= 0.6 is 0 Å². The SMILES string of the molecule is c1ccc(-c2cc(-c3cc4ccccc4c4ccccc34)cc(-c3ccc(-c4cccc(-c5nc(-c6ccccc6)c6c(n5)-c5ccccc5C6)c4)cc3)n2)cc1. The van der Waals surface area contributed by atoms with Gasteiger partial charge in [0.2, 0.25) is 0 Å². The Hall–Kier alpha value is -7.49. The maximum absolute atomic E-state index is 5.26. The van der Waals surface area contributed by atoms with Crippen molar-refractivity contribution in [1.82, 2.24) is 15.0 Å². The first kappa shape index (κ1) is 32.9. The Bertz CT molecular complexity index is 3130. The van der Waals surface area contributed by atoms with Gasteiger partial charge in [-0.25, -0.2) is 15.0 Å². The molecule has 11 rings (SSSR count). The van der Waals surface area contributed by atoms with Crippen molar-refractivity contribution in [3.63, 3.8) is 0 Å². The first-order valence-electron chi connectivity index (χ1n) is 19.5. The van der Waals surface area contributed by atoms with E-state index in [4.69, 9.17) is 15.0 Å². The molecule has 0 aliphatic heterocycles. The molecule has 0 atom stereocenters. The summed E-state index contributed by atoms with van der Waals surface area (Å²) in [6.45, 7) is 0. The van der Waals surface area contributed by atoms with Crippen LogP contribution < -0.4 is 0 Å². The molecule has 0 bridgehead atoms. The zero-order valence-electron chi connectivity index (χ0n) is 31.1. The van der Waals surface area contributed by atoms with Gasteiger partial charge in [-0.05, 0) is 73.6 Å². The van der Waals surface area contributed by atoms with E-state index in [1.807, 2.05) is 0 Å². The monoisotopic (exact) mass is 725 g/mol. The summed E-state index contributed by atoms with van der Waals surface area (Å²) in [5, 5.41) is 4.97. The summed E-state index contributed by atoms with van der Waals surface area (Å²) in [5.74, 6) is 0.735. The summed E-state index contributed by atoms with van der Waals surface area (Å²) in [5.41, 5.74) is 16.4. The average molecular weight is 726 g/mol. The van der Waals surface area contributed by atoms with E-state index in [2.05, 4.69) is 200 Å². The Kier molecular flexibility index (Phi) is 7.89. The summed E-state index contributed by atoms with van der Waals surface area (Å²) in [7, 11) is 0. The van der Waals surface area contributed by atoms with Gasteiger partial charge in [0, 0.05) is 39.8 Å². The zero-order valence-corrected chi connectivity index (χ0v) is 31.1. The summed E-state index contributed by atoms with van der Waals surface area (Å²) >= 11 is 0. The lowest BCUT2D eigenvalue weighted by Gasteiger charge is -2.14. The van der Waals surface area contributed by atoms with E-state index in [0.29, 0.717) is 0 Å². The second kappa shape index (κ2) is 13.7. The molecule has 1 aliphatic carbocycles. The van der Waals surface area contributed by atoms with Crippen molar-refractivity contribution in [3.8, 4) is 78.7 Å². The Morgan fingerprint density at radius 1 is 0.316 bits per heavy atom. The molecule has 0 spiro atoms. The highest BCUT2D eigenvalue weighted by Crippen LogP contribution is 2.42. The molecule has 0 saturated carbocycles. The Balaban J connectivity index is 0.994. The average Bonchev–Trinajstić information content (AvgIpc) is 3.68. The molecule has 0 radical (unpaired) electrons. The van der Waals surface area contributed by atoms with E-state index in [1.165, 1.54) is 43.8 Å². The third-order valence-corrected chi connectivity index (χ3v) is 11.3. The fourth-order valence-corrected chi connectivity index (χ4v) is 8.49. The maximum Gasteiger partial charge on any atom is 0.160 e. The van der Waals surface area contributed by atoms with E-state index in [0.717, 1.165) is 74.0 Å². The number of hydrogen-bond donors (Lipinski definition) is 0. The highest BCUT2D eigenvalue weighted by Gasteiger charge is 2.25. The number of pyridine rings is 1. The predicted octanol–water partition coefficient (Wildman–Crippen LogP) is 13.8. The van der Waals surface area contributed by atoms with Gasteiger partial charge in [-0.3, -0.25) is 0 Å². The van der Waals surface area contributed by atoms with E-state index in [-0.39, 0.29) is 0 Å². The molecular formula is C54H35N3. The summed E-state index contributed by atoms with van der Waals surface area (Å²) in [6, 6.07) is 71.1. The maximum atomic E-state index is 5.26. The number of aromatic nitrogens is 3. The largest absolute Gasteiger partial charge is 0.248 e. The number of hydrogen-bond acceptors (Lipinski definition) is 3. The van der Waals surface area contributed by atoms with Crippen LogP contribution in [0.2, 0.25) is 0 Å². The van der Waals surface area contributed by atoms with Crippen LogP contribution in [0.5, 0.6) is 0 Å². The predicted molar refractivity (Wildman–Crippen MR) is 236 cm³/mol. The highest BCUT2D eigenvalue weighted by molar-refractivity contribution is 6.14. The summed E-state index contributed by atoms with van der Waals surface area (Å²) < 4.78 is 0. The van der Waals surface area contributed by atoms with Gasteiger partial charge in [0.15, 0.2) is 5.82 Å². The van der Waals surface area contributed by atoms with Crippen LogP contribution in [0.1, 0.15) is 11.1 Å². The third-order valence-electron chi connectivity index (χ3n) is 11.3. The first-order chi connectivity index (χ1) is 28.2. The molecule has 3 nitrogen and oxygen atoms in total. The molecule has 57 heavy (non-hydrogen) atoms. The van der Waals surface area contributed by atoms with Crippen LogP contribution in [0.15, 0.2) is 200 Å². The zero-order chi connectivity index (χ0) is 37.7.